The molecule has 0 amide bonds. The molecule has 0 saturated heterocycles. The normalized spacial score (nSPS) is 14.1. The highest BCUT2D eigenvalue weighted by Gasteiger charge is 2.24. The molecule has 2 N–H and O–H groups in total. The largest absolute Gasteiger partial charge is 0.389 e. The highest BCUT2D eigenvalue weighted by molar-refractivity contribution is 9.10. The summed E-state index contributed by atoms with van der Waals surface area (Å²) in [5.41, 5.74) is 1.72. The Bertz CT molecular complexity index is 818. The molecule has 0 spiro atoms. The fourth-order valence-corrected chi connectivity index (χ4v) is 3.57. The molecular formula is C18H18BrFN2O. The van der Waals surface area contributed by atoms with Crippen LogP contribution >= 0.6 is 15.9 Å². The van der Waals surface area contributed by atoms with E-state index in [9.17, 15) is 9.50 Å². The summed E-state index contributed by atoms with van der Waals surface area (Å²) in [5.74, 6) is -0.306. The molecule has 23 heavy (non-hydrogen) atoms. The molecule has 0 fully saturated rings. The van der Waals surface area contributed by atoms with Gasteiger partial charge < -0.3 is 15.0 Å². The van der Waals surface area contributed by atoms with Crippen LogP contribution in [0.2, 0.25) is 0 Å². The zero-order valence-corrected chi connectivity index (χ0v) is 14.3. The number of hydrogen-bond acceptors (Lipinski definition) is 2. The van der Waals surface area contributed by atoms with Crippen molar-refractivity contribution in [3.8, 4) is 0 Å². The molecule has 0 radical (unpaired) electrons. The Kier molecular flexibility index (Phi) is 4.80. The van der Waals surface area contributed by atoms with E-state index in [-0.39, 0.29) is 11.9 Å². The molecule has 0 aliphatic heterocycles. The molecule has 0 saturated carbocycles. The number of aliphatic hydroxyl groups excluding tert-OH is 1. The molecule has 3 aromatic rings. The molecule has 0 aliphatic rings. The van der Waals surface area contributed by atoms with E-state index in [4.69, 9.17) is 0 Å². The molecule has 0 unspecified atom stereocenters. The van der Waals surface area contributed by atoms with Gasteiger partial charge in [-0.3, -0.25) is 0 Å². The van der Waals surface area contributed by atoms with E-state index in [1.54, 1.807) is 13.1 Å². The quantitative estimate of drug-likeness (QED) is 0.711. The first-order valence-corrected chi connectivity index (χ1v) is 8.24. The van der Waals surface area contributed by atoms with Crippen molar-refractivity contribution in [3.05, 3.63) is 70.6 Å². The second kappa shape index (κ2) is 6.83. The number of hydrogen-bond donors (Lipinski definition) is 2. The van der Waals surface area contributed by atoms with Crippen LogP contribution in [0.3, 0.4) is 0 Å². The lowest BCUT2D eigenvalue weighted by Gasteiger charge is -2.26. The number of nitrogens with zero attached hydrogens (tertiary/aromatic N) is 1. The molecule has 5 heteroatoms. The number of rotatable bonds is 5. The second-order valence-corrected chi connectivity index (χ2v) is 6.38. The Morgan fingerprint density at radius 2 is 2.00 bits per heavy atom. The zero-order valence-electron chi connectivity index (χ0n) is 12.7. The third-order valence-corrected chi connectivity index (χ3v) is 4.60. The Morgan fingerprint density at radius 3 is 2.74 bits per heavy atom. The molecular weight excluding hydrogens is 359 g/mol. The highest BCUT2D eigenvalue weighted by Crippen LogP contribution is 2.32. The van der Waals surface area contributed by atoms with Gasteiger partial charge in [-0.2, -0.15) is 0 Å². The maximum atomic E-state index is 13.7. The van der Waals surface area contributed by atoms with Crippen LogP contribution in [0, 0.1) is 5.82 Å². The minimum atomic E-state index is -0.690. The van der Waals surface area contributed by atoms with Crippen LogP contribution in [-0.4, -0.2) is 29.4 Å². The van der Waals surface area contributed by atoms with Crippen LogP contribution in [0.5, 0.6) is 0 Å². The van der Waals surface area contributed by atoms with Gasteiger partial charge in [0.2, 0.25) is 0 Å². The minimum absolute atomic E-state index is 0.306. The van der Waals surface area contributed by atoms with Gasteiger partial charge in [0.05, 0.1) is 17.7 Å². The summed E-state index contributed by atoms with van der Waals surface area (Å²) in [7, 11) is 1.79. The van der Waals surface area contributed by atoms with E-state index in [1.165, 1.54) is 12.1 Å². The van der Waals surface area contributed by atoms with E-state index >= 15 is 0 Å². The summed E-state index contributed by atoms with van der Waals surface area (Å²) in [5, 5.41) is 14.7. The van der Waals surface area contributed by atoms with E-state index in [0.717, 1.165) is 20.9 Å². The first-order chi connectivity index (χ1) is 11.1. The van der Waals surface area contributed by atoms with Crippen LogP contribution in [-0.2, 0) is 0 Å². The maximum absolute atomic E-state index is 13.7. The fraction of sp³-hybridized carbons (Fsp3) is 0.222. The zero-order chi connectivity index (χ0) is 16.4. The predicted molar refractivity (Wildman–Crippen MR) is 94.1 cm³/mol. The molecule has 0 aliphatic carbocycles. The number of halogens is 2. The molecule has 3 nitrogen and oxygen atoms in total. The number of aromatic nitrogens is 1. The Labute approximate surface area is 142 Å². The molecule has 1 aromatic heterocycles. The third-order valence-electron chi connectivity index (χ3n) is 3.96. The van der Waals surface area contributed by atoms with Crippen molar-refractivity contribution in [1.82, 2.24) is 9.88 Å². The van der Waals surface area contributed by atoms with Gasteiger partial charge in [-0.05, 0) is 52.8 Å². The number of aliphatic hydroxyl groups is 1. The summed E-state index contributed by atoms with van der Waals surface area (Å²) >= 11 is 3.58. The Morgan fingerprint density at radius 1 is 1.22 bits per heavy atom. The molecule has 3 rings (SSSR count). The lowest BCUT2D eigenvalue weighted by Crippen LogP contribution is -2.33. The van der Waals surface area contributed by atoms with Gasteiger partial charge in [0.15, 0.2) is 0 Å². The van der Waals surface area contributed by atoms with Gasteiger partial charge in [-0.1, -0.05) is 24.3 Å². The summed E-state index contributed by atoms with van der Waals surface area (Å²) in [6.07, 6.45) is 1.24. The van der Waals surface area contributed by atoms with E-state index < -0.39 is 6.10 Å². The van der Waals surface area contributed by atoms with Crippen molar-refractivity contribution in [2.75, 3.05) is 13.6 Å². The van der Waals surface area contributed by atoms with Gasteiger partial charge >= 0.3 is 0 Å². The van der Waals surface area contributed by atoms with Crippen molar-refractivity contribution in [2.24, 2.45) is 0 Å². The Balaban J connectivity index is 2.18. The SMILES string of the molecule is CNC[C@@H](O)[C@H](c1cccc(F)c1)n1ccc2cccc(Br)c21. The molecule has 0 bridgehead atoms. The van der Waals surface area contributed by atoms with Crippen molar-refractivity contribution >= 4 is 26.8 Å². The number of likely N-dealkylation sites (N-methyl/N-ethyl adjacent to an activating group) is 1. The lowest BCUT2D eigenvalue weighted by atomic mass is 10.0. The highest BCUT2D eigenvalue weighted by atomic mass is 79.9. The smallest absolute Gasteiger partial charge is 0.123 e. The monoisotopic (exact) mass is 376 g/mol. The van der Waals surface area contributed by atoms with Crippen LogP contribution in [0.25, 0.3) is 10.9 Å². The third kappa shape index (κ3) is 3.17. The molecule has 120 valence electrons. The van der Waals surface area contributed by atoms with E-state index in [0.29, 0.717) is 6.54 Å². The average molecular weight is 377 g/mol. The number of benzene rings is 2. The number of para-hydroxylation sites is 1. The molecule has 2 atom stereocenters. The van der Waals surface area contributed by atoms with Gasteiger partial charge in [-0.25, -0.2) is 4.39 Å². The maximum Gasteiger partial charge on any atom is 0.123 e. The lowest BCUT2D eigenvalue weighted by molar-refractivity contribution is 0.132. The van der Waals surface area contributed by atoms with Gasteiger partial charge in [0.1, 0.15) is 5.82 Å². The van der Waals surface area contributed by atoms with Gasteiger partial charge in [-0.15, -0.1) is 0 Å². The summed E-state index contributed by atoms with van der Waals surface area (Å²) in [6.45, 7) is 0.408. The van der Waals surface area contributed by atoms with E-state index in [1.807, 2.05) is 41.1 Å². The topological polar surface area (TPSA) is 37.2 Å². The predicted octanol–water partition coefficient (Wildman–Crippen LogP) is 3.71. The average Bonchev–Trinajstić information content (AvgIpc) is 2.93. The second-order valence-electron chi connectivity index (χ2n) is 5.53. The summed E-state index contributed by atoms with van der Waals surface area (Å²) in [4.78, 5) is 0. The standard InChI is InChI=1S/C18H18BrFN2O/c1-21-11-16(23)18(13-5-2-6-14(20)10-13)22-9-8-12-4-3-7-15(19)17(12)22/h2-10,16,18,21,23H,11H2,1H3/t16-,18+/m1/s1. The van der Waals surface area contributed by atoms with Crippen molar-refractivity contribution in [1.29, 1.82) is 0 Å². The first-order valence-electron chi connectivity index (χ1n) is 7.45. The summed E-state index contributed by atoms with van der Waals surface area (Å²) in [6, 6.07) is 14.0. The summed E-state index contributed by atoms with van der Waals surface area (Å²) < 4.78 is 16.6. The minimum Gasteiger partial charge on any atom is -0.389 e. The van der Waals surface area contributed by atoms with Gasteiger partial charge in [0, 0.05) is 22.6 Å². The molecule has 2 aromatic carbocycles. The van der Waals surface area contributed by atoms with Crippen LogP contribution in [0.4, 0.5) is 4.39 Å². The molecule has 1 heterocycles. The van der Waals surface area contributed by atoms with Gasteiger partial charge in [0.25, 0.3) is 0 Å². The fourth-order valence-electron chi connectivity index (χ4n) is 2.99. The van der Waals surface area contributed by atoms with Crippen LogP contribution in [0.15, 0.2) is 59.2 Å². The van der Waals surface area contributed by atoms with Crippen LogP contribution in [0.1, 0.15) is 11.6 Å². The van der Waals surface area contributed by atoms with Crippen molar-refractivity contribution in [2.45, 2.75) is 12.1 Å². The van der Waals surface area contributed by atoms with E-state index in [2.05, 4.69) is 21.2 Å². The van der Waals surface area contributed by atoms with Crippen LogP contribution < -0.4 is 5.32 Å². The van der Waals surface area contributed by atoms with Crippen molar-refractivity contribution < 1.29 is 9.50 Å². The van der Waals surface area contributed by atoms with Crippen molar-refractivity contribution in [3.63, 3.8) is 0 Å². The Hall–Kier alpha value is -1.69. The number of nitrogens with one attached hydrogen (secondary N) is 1. The first kappa shape index (κ1) is 16.2. The number of fused-ring (bicyclic) bond motifs is 1.